The Labute approximate surface area is 312 Å². The molecule has 0 saturated carbocycles. The highest BCUT2D eigenvalue weighted by Gasteiger charge is 2.30. The van der Waals surface area contributed by atoms with Crippen molar-refractivity contribution in [1.29, 1.82) is 0 Å². The molecule has 1 aromatic carbocycles. The second-order valence-electron chi connectivity index (χ2n) is 13.9. The van der Waals surface area contributed by atoms with Crippen LogP contribution in [0.2, 0.25) is 0 Å². The van der Waals surface area contributed by atoms with E-state index in [0.29, 0.717) is 69.8 Å². The molecular formula is C38H57N7O8. The second-order valence-corrected chi connectivity index (χ2v) is 13.9. The van der Waals surface area contributed by atoms with Gasteiger partial charge in [0.15, 0.2) is 18.1 Å². The Bertz CT molecular complexity index is 1490. The van der Waals surface area contributed by atoms with E-state index < -0.39 is 30.0 Å². The van der Waals surface area contributed by atoms with Crippen molar-refractivity contribution < 1.29 is 38.6 Å². The number of likely N-dealkylation sites (N-methyl/N-ethyl adjacent to an activating group) is 1. The predicted molar refractivity (Wildman–Crippen MR) is 199 cm³/mol. The quantitative estimate of drug-likeness (QED) is 0.246. The molecule has 3 heterocycles. The van der Waals surface area contributed by atoms with Crippen molar-refractivity contribution in [1.82, 2.24) is 36.1 Å². The maximum absolute atomic E-state index is 13.4. The fraction of sp³-hybridized carbons (Fsp3) is 0.579. The van der Waals surface area contributed by atoms with Gasteiger partial charge in [0.25, 0.3) is 5.91 Å². The van der Waals surface area contributed by atoms with Crippen molar-refractivity contribution >= 4 is 29.5 Å². The molecule has 5 N–H and O–H groups in total. The lowest BCUT2D eigenvalue weighted by molar-refractivity contribution is -0.134. The highest BCUT2D eigenvalue weighted by molar-refractivity contribution is 5.92. The average molecular weight is 740 g/mol. The minimum absolute atomic E-state index is 0.0529. The number of ether oxygens (including phenoxy) is 2. The number of amides is 5. The number of aryl methyl sites for hydroxylation is 1. The fourth-order valence-electron chi connectivity index (χ4n) is 5.87. The summed E-state index contributed by atoms with van der Waals surface area (Å²) in [4.78, 5) is 73.4. The van der Waals surface area contributed by atoms with Crippen molar-refractivity contribution in [2.75, 3.05) is 53.5 Å². The van der Waals surface area contributed by atoms with E-state index in [4.69, 9.17) is 9.47 Å². The van der Waals surface area contributed by atoms with Crippen LogP contribution in [0.4, 0.5) is 0 Å². The lowest BCUT2D eigenvalue weighted by atomic mass is 10.0. The molecule has 0 aliphatic carbocycles. The number of aliphatic hydroxyl groups excluding tert-OH is 1. The van der Waals surface area contributed by atoms with E-state index >= 15 is 0 Å². The predicted octanol–water partition coefficient (Wildman–Crippen LogP) is 1.18. The smallest absolute Gasteiger partial charge is 0.257 e. The summed E-state index contributed by atoms with van der Waals surface area (Å²) in [5.41, 5.74) is 1.77. The van der Waals surface area contributed by atoms with Gasteiger partial charge in [0.2, 0.25) is 23.6 Å². The van der Waals surface area contributed by atoms with Crippen LogP contribution >= 0.6 is 0 Å². The third kappa shape index (κ3) is 15.4. The van der Waals surface area contributed by atoms with Gasteiger partial charge in [0.05, 0.1) is 19.8 Å². The van der Waals surface area contributed by atoms with Crippen LogP contribution in [0.5, 0.6) is 11.5 Å². The van der Waals surface area contributed by atoms with Crippen LogP contribution < -0.4 is 30.7 Å². The van der Waals surface area contributed by atoms with Gasteiger partial charge in [-0.25, -0.2) is 0 Å². The summed E-state index contributed by atoms with van der Waals surface area (Å²) in [6.45, 7) is 7.18. The second kappa shape index (κ2) is 22.3. The van der Waals surface area contributed by atoms with Gasteiger partial charge in [0.1, 0.15) is 12.1 Å². The van der Waals surface area contributed by atoms with Gasteiger partial charge < -0.3 is 40.7 Å². The molecule has 15 nitrogen and oxygen atoms in total. The molecule has 0 fully saturated rings. The number of aliphatic hydroxyl groups is 1. The monoisotopic (exact) mass is 739 g/mol. The Morgan fingerprint density at radius 1 is 1.00 bits per heavy atom. The molecule has 15 heteroatoms. The van der Waals surface area contributed by atoms with Gasteiger partial charge >= 0.3 is 0 Å². The standard InChI is InChI=1S/C38H57N7O8/c1-26(2)20-30-37(50)43-36(27(3)46)38(51)41-16-6-7-18-45(35(49)24-44(4)23-29-10-8-15-39-22-29)19-9-17-40-34(48)25-53-31-13-11-28(21-32(31)52-5)12-14-33(47)42-30/h8,10-11,13,15,21-22,26-27,30,36,46H,6-7,9,12,14,16-20,23-25H2,1-5H3,(H,40,48)(H,41,51)(H,42,47)(H,43,50)/t27-,30-,36+/m1/s1. The summed E-state index contributed by atoms with van der Waals surface area (Å²) in [5, 5.41) is 21.5. The van der Waals surface area contributed by atoms with Gasteiger partial charge in [-0.3, -0.25) is 33.9 Å². The molecule has 2 aliphatic rings. The number of nitrogens with zero attached hydrogens (tertiary/aromatic N) is 3. The average Bonchev–Trinajstić information content (AvgIpc) is 3.11. The fourth-order valence-corrected chi connectivity index (χ4v) is 5.87. The number of aromatic nitrogens is 1. The van der Waals surface area contributed by atoms with Gasteiger partial charge in [-0.2, -0.15) is 0 Å². The van der Waals surface area contributed by atoms with E-state index in [1.165, 1.54) is 14.0 Å². The zero-order valence-corrected chi connectivity index (χ0v) is 31.7. The number of pyridine rings is 1. The molecule has 2 bridgehead atoms. The molecule has 2 aromatic rings. The molecule has 0 spiro atoms. The van der Waals surface area contributed by atoms with Gasteiger partial charge in [0, 0.05) is 51.5 Å². The maximum atomic E-state index is 13.4. The summed E-state index contributed by atoms with van der Waals surface area (Å²) in [7, 11) is 3.35. The van der Waals surface area contributed by atoms with E-state index in [1.807, 2.05) is 37.9 Å². The topological polar surface area (TPSA) is 192 Å². The van der Waals surface area contributed by atoms with Crippen molar-refractivity contribution in [3.63, 3.8) is 0 Å². The summed E-state index contributed by atoms with van der Waals surface area (Å²) in [5.74, 6) is -1.04. The van der Waals surface area contributed by atoms with E-state index in [2.05, 4.69) is 26.3 Å². The molecule has 0 saturated heterocycles. The molecular weight excluding hydrogens is 682 g/mol. The first-order chi connectivity index (χ1) is 25.4. The number of hydrogen-bond donors (Lipinski definition) is 5. The summed E-state index contributed by atoms with van der Waals surface area (Å²) in [6, 6.07) is 6.83. The third-order valence-electron chi connectivity index (χ3n) is 8.66. The number of hydrogen-bond acceptors (Lipinski definition) is 10. The zero-order valence-electron chi connectivity index (χ0n) is 31.7. The molecule has 0 radical (unpaired) electrons. The maximum Gasteiger partial charge on any atom is 0.257 e. The number of benzene rings is 1. The van der Waals surface area contributed by atoms with Crippen LogP contribution in [-0.2, 0) is 36.9 Å². The lowest BCUT2D eigenvalue weighted by Crippen LogP contribution is -2.57. The lowest BCUT2D eigenvalue weighted by Gasteiger charge is -2.26. The summed E-state index contributed by atoms with van der Waals surface area (Å²) >= 11 is 0. The normalized spacial score (nSPS) is 19.8. The van der Waals surface area contributed by atoms with Crippen LogP contribution in [0.15, 0.2) is 42.7 Å². The number of methoxy groups -OCH3 is 1. The molecule has 3 atom stereocenters. The first kappa shape index (κ1) is 42.7. The van der Waals surface area contributed by atoms with E-state index in [0.717, 1.165) is 11.1 Å². The number of carbonyl (C=O) groups is 5. The molecule has 2 aliphatic heterocycles. The molecule has 4 rings (SSSR count). The number of nitrogens with one attached hydrogen (secondary N) is 4. The first-order valence-electron chi connectivity index (χ1n) is 18.3. The molecule has 5 amide bonds. The minimum Gasteiger partial charge on any atom is -0.493 e. The van der Waals surface area contributed by atoms with Gasteiger partial charge in [-0.1, -0.05) is 26.0 Å². The Hall–Kier alpha value is -4.76. The SMILES string of the molecule is COc1cc2ccc1OCC(=O)NCCCN(C(=O)CN(C)Cc1cccnc1)CCCCNC(=O)[C@H]([C@@H](C)O)NC(=O)[C@@H](CC(C)C)NC(=O)CC2. The number of rotatable bonds is 8. The third-order valence-corrected chi connectivity index (χ3v) is 8.66. The van der Waals surface area contributed by atoms with Crippen LogP contribution in [0.1, 0.15) is 64.0 Å². The van der Waals surface area contributed by atoms with Gasteiger partial charge in [-0.05, 0) is 81.3 Å². The first-order valence-corrected chi connectivity index (χ1v) is 18.3. The Morgan fingerprint density at radius 2 is 1.75 bits per heavy atom. The molecule has 0 unspecified atom stereocenters. The Morgan fingerprint density at radius 3 is 2.45 bits per heavy atom. The van der Waals surface area contributed by atoms with Crippen molar-refractivity contribution in [3.05, 3.63) is 53.9 Å². The molecule has 53 heavy (non-hydrogen) atoms. The van der Waals surface area contributed by atoms with Crippen molar-refractivity contribution in [3.8, 4) is 11.5 Å². The molecule has 1 aromatic heterocycles. The Kier molecular flexibility index (Phi) is 18.0. The highest BCUT2D eigenvalue weighted by Crippen LogP contribution is 2.28. The van der Waals surface area contributed by atoms with Crippen LogP contribution in [-0.4, -0.2) is 121 Å². The Balaban J connectivity index is 1.75. The summed E-state index contributed by atoms with van der Waals surface area (Å²) in [6.07, 6.45) is 4.64. The van der Waals surface area contributed by atoms with Crippen molar-refractivity contribution in [2.45, 2.75) is 84.0 Å². The van der Waals surface area contributed by atoms with Crippen LogP contribution in [0, 0.1) is 5.92 Å². The number of carbonyl (C=O) groups excluding carboxylic acids is 5. The largest absolute Gasteiger partial charge is 0.493 e. The number of fused-ring (bicyclic) bond motifs is 23. The molecule has 292 valence electrons. The van der Waals surface area contributed by atoms with Crippen LogP contribution in [0.25, 0.3) is 0 Å². The van der Waals surface area contributed by atoms with Crippen LogP contribution in [0.3, 0.4) is 0 Å². The summed E-state index contributed by atoms with van der Waals surface area (Å²) < 4.78 is 11.2. The van der Waals surface area contributed by atoms with E-state index in [9.17, 15) is 29.1 Å². The highest BCUT2D eigenvalue weighted by atomic mass is 16.5. The van der Waals surface area contributed by atoms with Crippen molar-refractivity contribution in [2.24, 2.45) is 5.92 Å². The van der Waals surface area contributed by atoms with E-state index in [-0.39, 0.29) is 49.8 Å². The van der Waals surface area contributed by atoms with E-state index in [1.54, 1.807) is 35.5 Å². The minimum atomic E-state index is -1.23. The van der Waals surface area contributed by atoms with Gasteiger partial charge in [-0.15, -0.1) is 0 Å². The zero-order chi connectivity index (χ0) is 38.8.